The highest BCUT2D eigenvalue weighted by Crippen LogP contribution is 2.24. The Balaban J connectivity index is 2.47. The molecule has 18 heavy (non-hydrogen) atoms. The molecular weight excluding hydrogens is 226 g/mol. The summed E-state index contributed by atoms with van der Waals surface area (Å²) >= 11 is 0. The van der Waals surface area contributed by atoms with Crippen molar-refractivity contribution in [3.05, 3.63) is 18.0 Å². The van der Waals surface area contributed by atoms with Gasteiger partial charge in [-0.3, -0.25) is 4.68 Å². The summed E-state index contributed by atoms with van der Waals surface area (Å²) in [5, 5.41) is 17.3. The number of rotatable bonds is 9. The zero-order valence-corrected chi connectivity index (χ0v) is 11.9. The molecule has 0 unspecified atom stereocenters. The van der Waals surface area contributed by atoms with Crippen LogP contribution in [0.15, 0.2) is 12.3 Å². The molecule has 0 aliphatic rings. The average Bonchev–Trinajstić information content (AvgIpc) is 2.83. The highest BCUT2D eigenvalue weighted by molar-refractivity contribution is 5.00. The maximum atomic E-state index is 9.51. The van der Waals surface area contributed by atoms with Gasteiger partial charge in [0, 0.05) is 37.9 Å². The Labute approximate surface area is 110 Å². The third kappa shape index (κ3) is 3.82. The molecule has 2 N–H and O–H groups in total. The normalized spacial score (nSPS) is 12.0. The van der Waals surface area contributed by atoms with Gasteiger partial charge >= 0.3 is 0 Å². The summed E-state index contributed by atoms with van der Waals surface area (Å²) in [4.78, 5) is 0. The first kappa shape index (κ1) is 15.2. The minimum Gasteiger partial charge on any atom is -0.396 e. The first-order chi connectivity index (χ1) is 8.71. The van der Waals surface area contributed by atoms with Gasteiger partial charge in [-0.25, -0.2) is 0 Å². The first-order valence-corrected chi connectivity index (χ1v) is 7.03. The smallest absolute Gasteiger partial charge is 0.0522 e. The SMILES string of the molecule is CCCn1nccc1CNCC(CC)(CC)CO. The van der Waals surface area contributed by atoms with Crippen LogP contribution in [0.5, 0.6) is 0 Å². The van der Waals surface area contributed by atoms with E-state index in [0.717, 1.165) is 38.9 Å². The van der Waals surface area contributed by atoms with Gasteiger partial charge in [0.05, 0.1) is 5.69 Å². The standard InChI is InChI=1S/C14H27N3O/c1-4-9-17-13(7-8-16-17)10-15-11-14(5-2,6-3)12-18/h7-8,15,18H,4-6,9-12H2,1-3H3. The number of aromatic nitrogens is 2. The fourth-order valence-corrected chi connectivity index (χ4v) is 2.16. The minimum atomic E-state index is 0.0234. The van der Waals surface area contributed by atoms with Crippen molar-refractivity contribution in [3.8, 4) is 0 Å². The maximum absolute atomic E-state index is 9.51. The molecule has 104 valence electrons. The molecule has 4 nitrogen and oxygen atoms in total. The predicted molar refractivity (Wildman–Crippen MR) is 74.3 cm³/mol. The molecule has 0 fully saturated rings. The summed E-state index contributed by atoms with van der Waals surface area (Å²) in [7, 11) is 0. The Bertz CT molecular complexity index is 323. The molecule has 0 amide bonds. The molecule has 4 heteroatoms. The summed E-state index contributed by atoms with van der Waals surface area (Å²) in [6.07, 6.45) is 4.95. The van der Waals surface area contributed by atoms with Crippen LogP contribution in [0.2, 0.25) is 0 Å². The number of aliphatic hydroxyl groups is 1. The van der Waals surface area contributed by atoms with Crippen molar-refractivity contribution < 1.29 is 5.11 Å². The van der Waals surface area contributed by atoms with Crippen LogP contribution >= 0.6 is 0 Å². The largest absolute Gasteiger partial charge is 0.396 e. The second-order valence-electron chi connectivity index (χ2n) is 5.01. The molecule has 1 aromatic rings. The van der Waals surface area contributed by atoms with E-state index in [9.17, 15) is 5.11 Å². The van der Waals surface area contributed by atoms with Crippen molar-refractivity contribution in [1.82, 2.24) is 15.1 Å². The Morgan fingerprint density at radius 1 is 1.33 bits per heavy atom. The van der Waals surface area contributed by atoms with Gasteiger partial charge < -0.3 is 10.4 Å². The van der Waals surface area contributed by atoms with Crippen LogP contribution in [0, 0.1) is 5.41 Å². The van der Waals surface area contributed by atoms with Crippen molar-refractivity contribution in [3.63, 3.8) is 0 Å². The molecule has 0 aliphatic heterocycles. The van der Waals surface area contributed by atoms with Crippen LogP contribution in [-0.4, -0.2) is 28.0 Å². The van der Waals surface area contributed by atoms with Gasteiger partial charge in [-0.05, 0) is 25.3 Å². The van der Waals surface area contributed by atoms with E-state index >= 15 is 0 Å². The van der Waals surface area contributed by atoms with E-state index in [1.807, 2.05) is 10.9 Å². The number of nitrogens with zero attached hydrogens (tertiary/aromatic N) is 2. The molecule has 0 spiro atoms. The molecule has 1 heterocycles. The predicted octanol–water partition coefficient (Wildman–Crippen LogP) is 2.18. The second kappa shape index (κ2) is 7.54. The molecule has 0 aromatic carbocycles. The monoisotopic (exact) mass is 253 g/mol. The van der Waals surface area contributed by atoms with Crippen molar-refractivity contribution >= 4 is 0 Å². The van der Waals surface area contributed by atoms with E-state index in [1.54, 1.807) is 0 Å². The maximum Gasteiger partial charge on any atom is 0.0522 e. The lowest BCUT2D eigenvalue weighted by atomic mass is 9.83. The number of hydrogen-bond acceptors (Lipinski definition) is 3. The van der Waals surface area contributed by atoms with Gasteiger partial charge in [0.15, 0.2) is 0 Å². The van der Waals surface area contributed by atoms with E-state index in [-0.39, 0.29) is 12.0 Å². The fourth-order valence-electron chi connectivity index (χ4n) is 2.16. The fraction of sp³-hybridized carbons (Fsp3) is 0.786. The summed E-state index contributed by atoms with van der Waals surface area (Å²) < 4.78 is 2.05. The van der Waals surface area contributed by atoms with Gasteiger partial charge in [-0.1, -0.05) is 20.8 Å². The van der Waals surface area contributed by atoms with Crippen molar-refractivity contribution in [2.75, 3.05) is 13.2 Å². The molecule has 1 rings (SSSR count). The lowest BCUT2D eigenvalue weighted by molar-refractivity contribution is 0.112. The van der Waals surface area contributed by atoms with Crippen LogP contribution in [0.1, 0.15) is 45.7 Å². The van der Waals surface area contributed by atoms with E-state index in [4.69, 9.17) is 0 Å². The van der Waals surface area contributed by atoms with E-state index in [2.05, 4.69) is 37.3 Å². The number of aliphatic hydroxyl groups excluding tert-OH is 1. The molecule has 0 bridgehead atoms. The lowest BCUT2D eigenvalue weighted by Crippen LogP contribution is -2.36. The molecular formula is C14H27N3O. The average molecular weight is 253 g/mol. The summed E-state index contributed by atoms with van der Waals surface area (Å²) in [5.41, 5.74) is 1.24. The van der Waals surface area contributed by atoms with E-state index in [0.29, 0.717) is 0 Å². The summed E-state index contributed by atoms with van der Waals surface area (Å²) in [6.45, 7) is 9.34. The molecule has 0 atom stereocenters. The molecule has 1 aromatic heterocycles. The summed E-state index contributed by atoms with van der Waals surface area (Å²) in [5.74, 6) is 0. The molecule has 0 aliphatic carbocycles. The Morgan fingerprint density at radius 2 is 2.06 bits per heavy atom. The zero-order valence-electron chi connectivity index (χ0n) is 11.9. The van der Waals surface area contributed by atoms with Crippen LogP contribution in [0.3, 0.4) is 0 Å². The lowest BCUT2D eigenvalue weighted by Gasteiger charge is -2.29. The van der Waals surface area contributed by atoms with Crippen LogP contribution < -0.4 is 5.32 Å². The van der Waals surface area contributed by atoms with Gasteiger partial charge in [0.2, 0.25) is 0 Å². The summed E-state index contributed by atoms with van der Waals surface area (Å²) in [6, 6.07) is 2.06. The van der Waals surface area contributed by atoms with Crippen molar-refractivity contribution in [2.45, 2.75) is 53.1 Å². The quantitative estimate of drug-likeness (QED) is 0.709. The Morgan fingerprint density at radius 3 is 2.61 bits per heavy atom. The minimum absolute atomic E-state index is 0.0234. The number of aryl methyl sites for hydroxylation is 1. The van der Waals surface area contributed by atoms with Crippen LogP contribution in [-0.2, 0) is 13.1 Å². The molecule has 0 saturated carbocycles. The van der Waals surface area contributed by atoms with Gasteiger partial charge in [0.25, 0.3) is 0 Å². The van der Waals surface area contributed by atoms with Gasteiger partial charge in [-0.2, -0.15) is 5.10 Å². The molecule has 0 radical (unpaired) electrons. The topological polar surface area (TPSA) is 50.1 Å². The molecule has 0 saturated heterocycles. The highest BCUT2D eigenvalue weighted by Gasteiger charge is 2.24. The van der Waals surface area contributed by atoms with Crippen LogP contribution in [0.25, 0.3) is 0 Å². The number of hydrogen-bond donors (Lipinski definition) is 2. The Hall–Kier alpha value is -0.870. The van der Waals surface area contributed by atoms with Crippen molar-refractivity contribution in [2.24, 2.45) is 5.41 Å². The van der Waals surface area contributed by atoms with Crippen LogP contribution in [0.4, 0.5) is 0 Å². The van der Waals surface area contributed by atoms with Gasteiger partial charge in [0.1, 0.15) is 0 Å². The van der Waals surface area contributed by atoms with Gasteiger partial charge in [-0.15, -0.1) is 0 Å². The highest BCUT2D eigenvalue weighted by atomic mass is 16.3. The second-order valence-corrected chi connectivity index (χ2v) is 5.01. The first-order valence-electron chi connectivity index (χ1n) is 7.03. The van der Waals surface area contributed by atoms with E-state index < -0.39 is 0 Å². The Kier molecular flexibility index (Phi) is 6.36. The van der Waals surface area contributed by atoms with Crippen molar-refractivity contribution in [1.29, 1.82) is 0 Å². The number of nitrogens with one attached hydrogen (secondary N) is 1. The third-order valence-corrected chi connectivity index (χ3v) is 3.88. The van der Waals surface area contributed by atoms with E-state index in [1.165, 1.54) is 5.69 Å². The third-order valence-electron chi connectivity index (χ3n) is 3.88. The zero-order chi connectivity index (χ0) is 13.4.